The molecular formula is C38H55Cl2CrN2OP+. The summed E-state index contributed by atoms with van der Waals surface area (Å²) in [7, 11) is 8.58. The molecule has 0 saturated carbocycles. The van der Waals surface area contributed by atoms with Gasteiger partial charge in [-0.05, 0) is 68.7 Å². The average Bonchev–Trinajstić information content (AvgIpc) is 3.55. The van der Waals surface area contributed by atoms with Crippen LogP contribution in [-0.2, 0) is 28.9 Å². The number of ether oxygens (including phenoxy) is 1. The van der Waals surface area contributed by atoms with Gasteiger partial charge < -0.3 is 4.74 Å². The molecule has 3 aromatic rings. The van der Waals surface area contributed by atoms with Crippen molar-refractivity contribution < 1.29 is 18.1 Å². The van der Waals surface area contributed by atoms with Gasteiger partial charge in [0.15, 0.2) is 5.84 Å². The summed E-state index contributed by atoms with van der Waals surface area (Å²) in [6.07, 6.45) is 2.38. The first kappa shape index (κ1) is 39.8. The molecule has 1 heterocycles. The van der Waals surface area contributed by atoms with Gasteiger partial charge in [-0.25, -0.2) is 16.3 Å². The van der Waals surface area contributed by atoms with Crippen LogP contribution in [0.2, 0.25) is 0 Å². The minimum absolute atomic E-state index is 0.00347. The average molecular weight is 710 g/mol. The van der Waals surface area contributed by atoms with E-state index >= 15 is 0 Å². The third-order valence-corrected chi connectivity index (χ3v) is 10.9. The molecule has 1 fully saturated rings. The summed E-state index contributed by atoms with van der Waals surface area (Å²) in [6.45, 7) is 28.3. The summed E-state index contributed by atoms with van der Waals surface area (Å²) in [5, 5.41) is 0. The first-order valence-corrected chi connectivity index (χ1v) is 21.1. The van der Waals surface area contributed by atoms with Gasteiger partial charge in [0.1, 0.15) is 8.07 Å². The molecule has 4 rings (SSSR count). The number of aliphatic imine (C=N–C) groups is 1. The Labute approximate surface area is 291 Å². The van der Waals surface area contributed by atoms with Crippen LogP contribution < -0.4 is 4.67 Å². The molecule has 0 atom stereocenters. The summed E-state index contributed by atoms with van der Waals surface area (Å²) in [5.41, 5.74) is 8.48. The Bertz CT molecular complexity index is 1310. The molecule has 0 aromatic heterocycles. The molecule has 0 spiro atoms. The van der Waals surface area contributed by atoms with Crippen molar-refractivity contribution in [3.8, 4) is 0 Å². The maximum atomic E-state index is 5.58. The number of hydrogen-bond donors (Lipinski definition) is 0. The molecule has 3 nitrogen and oxygen atoms in total. The molecule has 0 radical (unpaired) electrons. The molecule has 7 heteroatoms. The van der Waals surface area contributed by atoms with Gasteiger partial charge in [-0.2, -0.15) is 6.42 Å². The Morgan fingerprint density at radius 3 is 1.78 bits per heavy atom. The number of hydrogen-bond acceptors (Lipinski definition) is 2. The van der Waals surface area contributed by atoms with Crippen LogP contribution in [0, 0.1) is 13.5 Å². The number of amidine groups is 1. The predicted octanol–water partition coefficient (Wildman–Crippen LogP) is 12.5. The molecule has 247 valence electrons. The van der Waals surface area contributed by atoms with Crippen LogP contribution in [0.5, 0.6) is 0 Å². The molecule has 45 heavy (non-hydrogen) atoms. The van der Waals surface area contributed by atoms with Gasteiger partial charge >= 0.3 is 33.5 Å². The third-order valence-electron chi connectivity index (χ3n) is 7.56. The molecule has 1 saturated heterocycles. The van der Waals surface area contributed by atoms with Gasteiger partial charge in [0.2, 0.25) is 0 Å². The topological polar surface area (TPSA) is 24.8 Å². The van der Waals surface area contributed by atoms with Crippen LogP contribution in [0.1, 0.15) is 104 Å². The summed E-state index contributed by atoms with van der Waals surface area (Å²) in [5.74, 6) is 1.06. The third kappa shape index (κ3) is 12.3. The van der Waals surface area contributed by atoms with Crippen molar-refractivity contribution >= 4 is 45.4 Å². The van der Waals surface area contributed by atoms with E-state index in [1.807, 2.05) is 6.61 Å². The van der Waals surface area contributed by atoms with Gasteiger partial charge in [0.05, 0.1) is 22.7 Å². The van der Waals surface area contributed by atoms with Crippen LogP contribution in [0.25, 0.3) is 0 Å². The molecule has 0 unspecified atom stereocenters. The molecule has 0 N–H and O–H groups in total. The number of anilines is 1. The fourth-order valence-electron chi connectivity index (χ4n) is 5.54. The molecule has 0 amide bonds. The zero-order chi connectivity index (χ0) is 33.8. The Morgan fingerprint density at radius 1 is 0.822 bits per heavy atom. The van der Waals surface area contributed by atoms with Crippen LogP contribution in [-0.4, -0.2) is 23.8 Å². The molecule has 1 aliphatic heterocycles. The molecular weight excluding hydrogens is 654 g/mol. The zero-order valence-corrected chi connectivity index (χ0v) is 33.0. The number of para-hydroxylation sites is 2. The Balaban J connectivity index is 0.000000774. The van der Waals surface area contributed by atoms with Crippen LogP contribution in [0.15, 0.2) is 77.8 Å². The number of aryl methyl sites for hydroxylation is 1. The van der Waals surface area contributed by atoms with Crippen molar-refractivity contribution in [1.29, 1.82) is 0 Å². The van der Waals surface area contributed by atoms with E-state index in [0.717, 1.165) is 24.6 Å². The number of nitrogens with zero attached hydrogens (tertiary/aromatic N) is 2. The van der Waals surface area contributed by atoms with Gasteiger partial charge in [0, 0.05) is 12.2 Å². The first-order valence-electron chi connectivity index (χ1n) is 16.0. The van der Waals surface area contributed by atoms with Crippen molar-refractivity contribution in [1.82, 2.24) is 0 Å². The van der Waals surface area contributed by atoms with E-state index in [-0.39, 0.29) is 24.2 Å². The fourth-order valence-corrected chi connectivity index (χ4v) is 8.81. The Kier molecular flexibility index (Phi) is 16.7. The van der Waals surface area contributed by atoms with Crippen molar-refractivity contribution in [2.24, 2.45) is 4.99 Å². The summed E-state index contributed by atoms with van der Waals surface area (Å²) in [6, 6.07) is 26.6. The second-order valence-electron chi connectivity index (χ2n) is 14.1. The normalized spacial score (nSPS) is 13.7. The van der Waals surface area contributed by atoms with Crippen LogP contribution >= 0.6 is 28.2 Å². The number of halogens is 2. The van der Waals surface area contributed by atoms with Crippen molar-refractivity contribution in [3.63, 3.8) is 0 Å². The molecule has 0 bridgehead atoms. The van der Waals surface area contributed by atoms with E-state index in [4.69, 9.17) is 29.8 Å². The van der Waals surface area contributed by atoms with E-state index in [2.05, 4.69) is 154 Å². The van der Waals surface area contributed by atoms with E-state index in [0.29, 0.717) is 11.3 Å². The molecule has 1 aliphatic rings. The van der Waals surface area contributed by atoms with Crippen molar-refractivity contribution in [2.45, 2.75) is 111 Å². The van der Waals surface area contributed by atoms with E-state index in [9.17, 15) is 0 Å². The van der Waals surface area contributed by atoms with Gasteiger partial charge in [-0.15, -0.1) is 0 Å². The van der Waals surface area contributed by atoms with Crippen LogP contribution in [0.3, 0.4) is 0 Å². The Morgan fingerprint density at radius 2 is 1.33 bits per heavy atom. The SMILES string of the molecule is Cc1ccc(C(=Nc2ccccc2C(C)(C)C)N(c2ccccc2C(C)(C)C)[PH+](C(C)C)C(C)C)cc1.[CH-]1CCCO1.[Cl][Cr+][Cl]. The fraction of sp³-hybridized carbons (Fsp3) is 0.474. The van der Waals surface area contributed by atoms with Crippen molar-refractivity contribution in [2.75, 3.05) is 11.3 Å². The second kappa shape index (κ2) is 18.8. The number of benzene rings is 3. The Hall–Kier alpha value is -1.37. The molecule has 3 aromatic carbocycles. The minimum atomic E-state index is -1.07. The zero-order valence-electron chi connectivity index (χ0n) is 29.2. The van der Waals surface area contributed by atoms with E-state index in [1.165, 1.54) is 34.4 Å². The summed E-state index contributed by atoms with van der Waals surface area (Å²) >= 11 is -0.181. The van der Waals surface area contributed by atoms with E-state index in [1.54, 1.807) is 0 Å². The van der Waals surface area contributed by atoms with E-state index < -0.39 is 8.07 Å². The standard InChI is InChI=1S/C34H47N2P.C4H7O.2ClH.Cr/c1-24(2)37(25(3)4)36(31-19-15-13-17-29(31)34(9,10)11)32(27-22-20-26(5)21-23-27)35-30-18-14-12-16-28(30)33(6,7)8;1-2-4-5-3-1;;;/h12-25H,1-11H3;3H,1-2,4H2;2*1H;/q;-1;;;+3/p-1. The van der Waals surface area contributed by atoms with Gasteiger partial charge in [-0.3, -0.25) is 0 Å². The second-order valence-corrected chi connectivity index (χ2v) is 19.9. The monoisotopic (exact) mass is 708 g/mol. The van der Waals surface area contributed by atoms with Gasteiger partial charge in [-0.1, -0.05) is 114 Å². The van der Waals surface area contributed by atoms with Gasteiger partial charge in [0.25, 0.3) is 0 Å². The number of rotatable bonds is 6. The molecule has 0 aliphatic carbocycles. The predicted molar refractivity (Wildman–Crippen MR) is 200 cm³/mol. The first-order chi connectivity index (χ1) is 21.1. The maximum absolute atomic E-state index is 5.58. The van der Waals surface area contributed by atoms with Crippen LogP contribution in [0.4, 0.5) is 11.4 Å². The quantitative estimate of drug-likeness (QED) is 0.110. The summed E-state index contributed by atoms with van der Waals surface area (Å²) in [4.78, 5) is 5.58. The summed E-state index contributed by atoms with van der Waals surface area (Å²) < 4.78 is 7.48. The van der Waals surface area contributed by atoms with Crippen molar-refractivity contribution in [3.05, 3.63) is 102 Å².